The number of halogens is 1. The zero-order chi connectivity index (χ0) is 14.3. The summed E-state index contributed by atoms with van der Waals surface area (Å²) < 4.78 is 27.8. The lowest BCUT2D eigenvalue weighted by Crippen LogP contribution is -2.11. The third kappa shape index (κ3) is 2.14. The number of fused-ring (bicyclic) bond motifs is 1. The van der Waals surface area contributed by atoms with Crippen LogP contribution in [0.3, 0.4) is 0 Å². The van der Waals surface area contributed by atoms with Crippen molar-refractivity contribution in [3.05, 3.63) is 63.9 Å². The van der Waals surface area contributed by atoms with Crippen molar-refractivity contribution in [2.75, 3.05) is 0 Å². The van der Waals surface area contributed by atoms with Gasteiger partial charge in [0.25, 0.3) is 10.0 Å². The first-order chi connectivity index (χ1) is 9.50. The second-order valence-corrected chi connectivity index (χ2v) is 7.58. The third-order valence-electron chi connectivity index (χ3n) is 3.22. The number of hydrogen-bond donors (Lipinski definition) is 0. The molecule has 0 saturated carbocycles. The number of nitrogens with zero attached hydrogens (tertiary/aromatic N) is 1. The van der Waals surface area contributed by atoms with E-state index in [1.54, 1.807) is 18.3 Å². The Kier molecular flexibility index (Phi) is 3.33. The Morgan fingerprint density at radius 1 is 1.00 bits per heavy atom. The molecule has 0 bridgehead atoms. The second kappa shape index (κ2) is 4.89. The van der Waals surface area contributed by atoms with E-state index in [9.17, 15) is 8.42 Å². The van der Waals surface area contributed by atoms with E-state index in [0.29, 0.717) is 10.4 Å². The van der Waals surface area contributed by atoms with Crippen LogP contribution in [-0.4, -0.2) is 12.4 Å². The van der Waals surface area contributed by atoms with Crippen LogP contribution in [0.2, 0.25) is 0 Å². The topological polar surface area (TPSA) is 39.1 Å². The largest absolute Gasteiger partial charge is 0.268 e. The number of benzene rings is 2. The Hall–Kier alpha value is -1.34. The minimum absolute atomic E-state index is 0.305. The first kappa shape index (κ1) is 13.6. The van der Waals surface area contributed by atoms with Gasteiger partial charge in [0.1, 0.15) is 0 Å². The highest BCUT2D eigenvalue weighted by Gasteiger charge is 2.18. The molecule has 0 aliphatic heterocycles. The lowest BCUT2D eigenvalue weighted by molar-refractivity contribution is 0.589. The predicted octanol–water partition coefficient (Wildman–Crippen LogP) is 3.79. The van der Waals surface area contributed by atoms with Crippen molar-refractivity contribution in [2.24, 2.45) is 0 Å². The average Bonchev–Trinajstić information content (AvgIpc) is 2.85. The molecule has 1 aromatic heterocycles. The second-order valence-electron chi connectivity index (χ2n) is 4.60. The number of hydrogen-bond acceptors (Lipinski definition) is 2. The predicted molar refractivity (Wildman–Crippen MR) is 88.4 cm³/mol. The summed E-state index contributed by atoms with van der Waals surface area (Å²) in [5.74, 6) is 0. The van der Waals surface area contributed by atoms with Gasteiger partial charge in [0, 0.05) is 15.2 Å². The van der Waals surface area contributed by atoms with Gasteiger partial charge in [-0.05, 0) is 59.8 Å². The van der Waals surface area contributed by atoms with Gasteiger partial charge in [-0.25, -0.2) is 12.4 Å². The maximum absolute atomic E-state index is 12.7. The Balaban J connectivity index is 2.24. The van der Waals surface area contributed by atoms with E-state index >= 15 is 0 Å². The number of aryl methyl sites for hydroxylation is 1. The van der Waals surface area contributed by atoms with Gasteiger partial charge >= 0.3 is 0 Å². The molecule has 0 aliphatic carbocycles. The highest BCUT2D eigenvalue weighted by molar-refractivity contribution is 14.1. The summed E-state index contributed by atoms with van der Waals surface area (Å²) in [4.78, 5) is 0.305. The average molecular weight is 397 g/mol. The lowest BCUT2D eigenvalue weighted by atomic mass is 10.2. The Bertz CT molecular complexity index is 880. The van der Waals surface area contributed by atoms with Crippen LogP contribution in [0.25, 0.3) is 10.9 Å². The Labute approximate surface area is 131 Å². The first-order valence-electron chi connectivity index (χ1n) is 6.08. The molecule has 3 rings (SSSR count). The van der Waals surface area contributed by atoms with Crippen LogP contribution in [0.15, 0.2) is 59.6 Å². The van der Waals surface area contributed by atoms with E-state index in [0.717, 1.165) is 14.5 Å². The molecule has 3 aromatic rings. The number of rotatable bonds is 2. The van der Waals surface area contributed by atoms with Gasteiger partial charge in [-0.2, -0.15) is 0 Å². The van der Waals surface area contributed by atoms with Crippen LogP contribution in [0.5, 0.6) is 0 Å². The molecule has 20 heavy (non-hydrogen) atoms. The molecule has 0 fully saturated rings. The molecular weight excluding hydrogens is 385 g/mol. The Morgan fingerprint density at radius 3 is 2.40 bits per heavy atom. The minimum Gasteiger partial charge on any atom is -0.241 e. The Morgan fingerprint density at radius 2 is 1.70 bits per heavy atom. The summed E-state index contributed by atoms with van der Waals surface area (Å²) in [5.41, 5.74) is 1.74. The van der Waals surface area contributed by atoms with Gasteiger partial charge in [-0.3, -0.25) is 0 Å². The quantitative estimate of drug-likeness (QED) is 0.618. The summed E-state index contributed by atoms with van der Waals surface area (Å²) in [7, 11) is -3.54. The highest BCUT2D eigenvalue weighted by Crippen LogP contribution is 2.25. The molecule has 0 N–H and O–H groups in total. The molecule has 0 atom stereocenters. The van der Waals surface area contributed by atoms with Crippen molar-refractivity contribution in [2.45, 2.75) is 11.8 Å². The fraction of sp³-hybridized carbons (Fsp3) is 0.0667. The molecule has 0 spiro atoms. The van der Waals surface area contributed by atoms with Gasteiger partial charge in [0.05, 0.1) is 10.4 Å². The number of aromatic nitrogens is 1. The van der Waals surface area contributed by atoms with Crippen molar-refractivity contribution in [3.8, 4) is 0 Å². The molecular formula is C15H12INO2S. The molecule has 0 aliphatic rings. The van der Waals surface area contributed by atoms with Gasteiger partial charge < -0.3 is 0 Å². The zero-order valence-electron chi connectivity index (χ0n) is 10.7. The van der Waals surface area contributed by atoms with Crippen LogP contribution in [0.1, 0.15) is 5.56 Å². The molecule has 0 amide bonds. The molecule has 0 unspecified atom stereocenters. The first-order valence-corrected chi connectivity index (χ1v) is 8.60. The van der Waals surface area contributed by atoms with E-state index in [2.05, 4.69) is 22.6 Å². The summed E-state index contributed by atoms with van der Waals surface area (Å²) in [6, 6.07) is 14.4. The van der Waals surface area contributed by atoms with Gasteiger partial charge in [0.15, 0.2) is 0 Å². The van der Waals surface area contributed by atoms with E-state index in [1.165, 1.54) is 3.97 Å². The minimum atomic E-state index is -3.54. The maximum atomic E-state index is 12.7. The third-order valence-corrected chi connectivity index (χ3v) is 5.87. The molecule has 1 heterocycles. The maximum Gasteiger partial charge on any atom is 0.268 e. The summed E-state index contributed by atoms with van der Waals surface area (Å²) >= 11 is 2.21. The van der Waals surface area contributed by atoms with Gasteiger partial charge in [-0.1, -0.05) is 23.8 Å². The monoisotopic (exact) mass is 397 g/mol. The van der Waals surface area contributed by atoms with Crippen LogP contribution in [-0.2, 0) is 10.0 Å². The van der Waals surface area contributed by atoms with E-state index < -0.39 is 10.0 Å². The molecule has 102 valence electrons. The van der Waals surface area contributed by atoms with Gasteiger partial charge in [0.2, 0.25) is 0 Å². The lowest BCUT2D eigenvalue weighted by Gasteiger charge is -2.08. The van der Waals surface area contributed by atoms with Crippen LogP contribution in [0.4, 0.5) is 0 Å². The van der Waals surface area contributed by atoms with Crippen LogP contribution < -0.4 is 0 Å². The highest BCUT2D eigenvalue weighted by atomic mass is 127. The molecule has 2 aromatic carbocycles. The summed E-state index contributed by atoms with van der Waals surface area (Å²) in [5, 5.41) is 0.948. The van der Waals surface area contributed by atoms with Gasteiger partial charge in [-0.15, -0.1) is 0 Å². The molecule has 3 nitrogen and oxygen atoms in total. The van der Waals surface area contributed by atoms with E-state index in [1.807, 2.05) is 43.3 Å². The van der Waals surface area contributed by atoms with Crippen LogP contribution >= 0.6 is 22.6 Å². The van der Waals surface area contributed by atoms with Crippen LogP contribution in [0, 0.1) is 10.5 Å². The normalized spacial score (nSPS) is 11.9. The SMILES string of the molecule is Cc1ccc(S(=O)(=O)n2ccc3c(I)cccc32)cc1. The van der Waals surface area contributed by atoms with Crippen molar-refractivity contribution < 1.29 is 8.42 Å². The van der Waals surface area contributed by atoms with Crippen molar-refractivity contribution in [1.82, 2.24) is 3.97 Å². The van der Waals surface area contributed by atoms with Crippen molar-refractivity contribution >= 4 is 43.5 Å². The molecule has 5 heteroatoms. The standard InChI is InChI=1S/C15H12INO2S/c1-11-5-7-12(8-6-11)20(18,19)17-10-9-13-14(16)3-2-4-15(13)17/h2-10H,1H3. The van der Waals surface area contributed by atoms with Crippen molar-refractivity contribution in [3.63, 3.8) is 0 Å². The molecule has 0 saturated heterocycles. The zero-order valence-corrected chi connectivity index (χ0v) is 13.7. The summed E-state index contributed by atoms with van der Waals surface area (Å²) in [6.07, 6.45) is 1.61. The van der Waals surface area contributed by atoms with E-state index in [4.69, 9.17) is 0 Å². The van der Waals surface area contributed by atoms with Crippen molar-refractivity contribution in [1.29, 1.82) is 0 Å². The summed E-state index contributed by atoms with van der Waals surface area (Å²) in [6.45, 7) is 1.93. The molecule has 0 radical (unpaired) electrons. The smallest absolute Gasteiger partial charge is 0.241 e. The fourth-order valence-electron chi connectivity index (χ4n) is 2.14. The fourth-order valence-corrected chi connectivity index (χ4v) is 4.15. The van der Waals surface area contributed by atoms with E-state index in [-0.39, 0.29) is 0 Å².